The van der Waals surface area contributed by atoms with E-state index in [4.69, 9.17) is 0 Å². The first-order valence-electron chi connectivity index (χ1n) is 8.79. The summed E-state index contributed by atoms with van der Waals surface area (Å²) in [6.07, 6.45) is 7.97. The Morgan fingerprint density at radius 1 is 1.35 bits per heavy atom. The summed E-state index contributed by atoms with van der Waals surface area (Å²) in [4.78, 5) is 21.2. The molecule has 1 aliphatic heterocycles. The summed E-state index contributed by atoms with van der Waals surface area (Å²) in [5.74, 6) is 0.125. The number of nitrogens with one attached hydrogen (secondary N) is 1. The molecule has 1 aromatic heterocycles. The molecule has 128 valence electrons. The molecule has 0 saturated carbocycles. The number of rotatable bonds is 7. The number of nitrogens with zero attached hydrogens (tertiary/aromatic N) is 3. The van der Waals surface area contributed by atoms with E-state index in [-0.39, 0.29) is 11.9 Å². The van der Waals surface area contributed by atoms with Crippen molar-refractivity contribution in [2.24, 2.45) is 0 Å². The van der Waals surface area contributed by atoms with Crippen LogP contribution in [0.25, 0.3) is 0 Å². The summed E-state index contributed by atoms with van der Waals surface area (Å²) < 4.78 is 0. The van der Waals surface area contributed by atoms with Gasteiger partial charge in [0.15, 0.2) is 0 Å². The molecule has 5 nitrogen and oxygen atoms in total. The fourth-order valence-corrected chi connectivity index (χ4v) is 3.01. The average Bonchev–Trinajstić information content (AvgIpc) is 2.76. The lowest BCUT2D eigenvalue weighted by molar-refractivity contribution is -0.123. The number of carbonyl (C=O) groups excluding carboxylic acids is 1. The van der Waals surface area contributed by atoms with E-state index >= 15 is 0 Å². The topological polar surface area (TPSA) is 48.5 Å². The van der Waals surface area contributed by atoms with Gasteiger partial charge in [-0.15, -0.1) is 0 Å². The Morgan fingerprint density at radius 2 is 2.22 bits per heavy atom. The Morgan fingerprint density at radius 3 is 2.96 bits per heavy atom. The number of hydrogen-bond donors (Lipinski definition) is 1. The highest BCUT2D eigenvalue weighted by Crippen LogP contribution is 2.18. The smallest absolute Gasteiger partial charge is 0.234 e. The molecule has 0 spiro atoms. The van der Waals surface area contributed by atoms with E-state index in [1.165, 1.54) is 0 Å². The van der Waals surface area contributed by atoms with Gasteiger partial charge in [-0.1, -0.05) is 25.8 Å². The van der Waals surface area contributed by atoms with Gasteiger partial charge in [0.25, 0.3) is 0 Å². The molecule has 2 heterocycles. The van der Waals surface area contributed by atoms with Crippen molar-refractivity contribution in [1.82, 2.24) is 20.1 Å². The van der Waals surface area contributed by atoms with Crippen molar-refractivity contribution in [1.29, 1.82) is 0 Å². The van der Waals surface area contributed by atoms with Crippen LogP contribution in [0.15, 0.2) is 24.5 Å². The minimum atomic E-state index is 0.0748. The number of likely N-dealkylation sites (N-methyl/N-ethyl adjacent to an activating group) is 1. The van der Waals surface area contributed by atoms with Gasteiger partial charge < -0.3 is 10.2 Å². The third-order valence-electron chi connectivity index (χ3n) is 4.45. The molecule has 1 aromatic rings. The van der Waals surface area contributed by atoms with Crippen molar-refractivity contribution in [3.63, 3.8) is 0 Å². The maximum atomic E-state index is 12.5. The second-order valence-corrected chi connectivity index (χ2v) is 6.48. The lowest BCUT2D eigenvalue weighted by atomic mass is 10.0. The third kappa shape index (κ3) is 6.28. The molecule has 0 radical (unpaired) electrons. The first-order valence-corrected chi connectivity index (χ1v) is 8.79. The number of carbonyl (C=O) groups is 1. The molecule has 0 aromatic carbocycles. The van der Waals surface area contributed by atoms with Crippen molar-refractivity contribution < 1.29 is 4.79 Å². The first-order chi connectivity index (χ1) is 11.2. The summed E-state index contributed by atoms with van der Waals surface area (Å²) >= 11 is 0. The highest BCUT2D eigenvalue weighted by molar-refractivity contribution is 5.78. The van der Waals surface area contributed by atoms with Gasteiger partial charge in [-0.05, 0) is 44.6 Å². The van der Waals surface area contributed by atoms with Crippen LogP contribution in [0.1, 0.15) is 44.2 Å². The molecular weight excluding hydrogens is 288 g/mol. The number of pyridine rings is 1. The standard InChI is InChI=1S/C18H30N4O/c1-3-4-8-17(16-7-5-9-19-14-16)20-18(23)15-22-11-6-10-21(2)12-13-22/h5,7,9,14,17H,3-4,6,8,10-13,15H2,1-2H3,(H,20,23). The van der Waals surface area contributed by atoms with Gasteiger partial charge in [0.2, 0.25) is 5.91 Å². The van der Waals surface area contributed by atoms with Crippen molar-refractivity contribution >= 4 is 5.91 Å². The van der Waals surface area contributed by atoms with Crippen LogP contribution in [0.4, 0.5) is 0 Å². The summed E-state index contributed by atoms with van der Waals surface area (Å²) in [7, 11) is 2.15. The van der Waals surface area contributed by atoms with Crippen LogP contribution in [-0.2, 0) is 4.79 Å². The first kappa shape index (κ1) is 17.9. The van der Waals surface area contributed by atoms with E-state index in [1.54, 1.807) is 6.20 Å². The Hall–Kier alpha value is -1.46. The van der Waals surface area contributed by atoms with Gasteiger partial charge in [0.05, 0.1) is 12.6 Å². The Bertz CT molecular complexity index is 465. The lowest BCUT2D eigenvalue weighted by Crippen LogP contribution is -2.40. The Kier molecular flexibility index (Phi) is 7.49. The summed E-state index contributed by atoms with van der Waals surface area (Å²) in [6, 6.07) is 4.06. The van der Waals surface area contributed by atoms with Gasteiger partial charge in [-0.25, -0.2) is 0 Å². The largest absolute Gasteiger partial charge is 0.348 e. The second kappa shape index (κ2) is 9.63. The Balaban J connectivity index is 1.89. The molecule has 0 bridgehead atoms. The molecular formula is C18H30N4O. The maximum Gasteiger partial charge on any atom is 0.234 e. The van der Waals surface area contributed by atoms with Gasteiger partial charge in [0.1, 0.15) is 0 Å². The minimum absolute atomic E-state index is 0.0748. The van der Waals surface area contributed by atoms with Crippen LogP contribution in [0.5, 0.6) is 0 Å². The molecule has 1 aliphatic rings. The van der Waals surface area contributed by atoms with E-state index in [9.17, 15) is 4.79 Å². The molecule has 1 saturated heterocycles. The molecule has 1 fully saturated rings. The van der Waals surface area contributed by atoms with Gasteiger partial charge in [0, 0.05) is 25.5 Å². The highest BCUT2D eigenvalue weighted by atomic mass is 16.2. The number of amides is 1. The SMILES string of the molecule is CCCCC(NC(=O)CN1CCCN(C)CC1)c1cccnc1. The normalized spacial score (nSPS) is 18.3. The molecule has 5 heteroatoms. The fourth-order valence-electron chi connectivity index (χ4n) is 3.01. The van der Waals surface area contributed by atoms with E-state index in [1.807, 2.05) is 12.3 Å². The molecule has 1 amide bonds. The van der Waals surface area contributed by atoms with Crippen molar-refractivity contribution in [3.05, 3.63) is 30.1 Å². The molecule has 1 N–H and O–H groups in total. The second-order valence-electron chi connectivity index (χ2n) is 6.48. The monoisotopic (exact) mass is 318 g/mol. The number of unbranched alkanes of at least 4 members (excludes halogenated alkanes) is 1. The van der Waals surface area contributed by atoms with E-state index < -0.39 is 0 Å². The third-order valence-corrected chi connectivity index (χ3v) is 4.45. The Labute approximate surface area is 140 Å². The molecule has 23 heavy (non-hydrogen) atoms. The number of aromatic nitrogens is 1. The summed E-state index contributed by atoms with van der Waals surface area (Å²) in [6.45, 7) is 6.80. The van der Waals surface area contributed by atoms with Crippen molar-refractivity contribution in [2.75, 3.05) is 39.8 Å². The minimum Gasteiger partial charge on any atom is -0.348 e. The van der Waals surface area contributed by atoms with Crippen LogP contribution in [0.3, 0.4) is 0 Å². The van der Waals surface area contributed by atoms with Gasteiger partial charge in [-0.3, -0.25) is 14.7 Å². The van der Waals surface area contributed by atoms with E-state index in [0.29, 0.717) is 6.54 Å². The predicted octanol–water partition coefficient (Wildman–Crippen LogP) is 2.07. The molecule has 2 rings (SSSR count). The zero-order valence-corrected chi connectivity index (χ0v) is 14.5. The van der Waals surface area contributed by atoms with Crippen LogP contribution in [0, 0.1) is 0 Å². The lowest BCUT2D eigenvalue weighted by Gasteiger charge is -2.23. The molecule has 1 unspecified atom stereocenters. The maximum absolute atomic E-state index is 12.5. The highest BCUT2D eigenvalue weighted by Gasteiger charge is 2.18. The van der Waals surface area contributed by atoms with Crippen LogP contribution in [0.2, 0.25) is 0 Å². The zero-order valence-electron chi connectivity index (χ0n) is 14.5. The van der Waals surface area contributed by atoms with Crippen LogP contribution < -0.4 is 5.32 Å². The quantitative estimate of drug-likeness (QED) is 0.836. The van der Waals surface area contributed by atoms with Crippen LogP contribution >= 0.6 is 0 Å². The van der Waals surface area contributed by atoms with Crippen LogP contribution in [-0.4, -0.2) is 60.5 Å². The molecule has 0 aliphatic carbocycles. The van der Waals surface area contributed by atoms with E-state index in [0.717, 1.165) is 57.4 Å². The number of hydrogen-bond acceptors (Lipinski definition) is 4. The summed E-state index contributed by atoms with van der Waals surface area (Å²) in [5, 5.41) is 3.21. The zero-order chi connectivity index (χ0) is 16.5. The predicted molar refractivity (Wildman–Crippen MR) is 93.2 cm³/mol. The average molecular weight is 318 g/mol. The van der Waals surface area contributed by atoms with Crippen molar-refractivity contribution in [3.8, 4) is 0 Å². The van der Waals surface area contributed by atoms with E-state index in [2.05, 4.69) is 40.1 Å². The van der Waals surface area contributed by atoms with Gasteiger partial charge >= 0.3 is 0 Å². The fraction of sp³-hybridized carbons (Fsp3) is 0.667. The molecule has 1 atom stereocenters. The summed E-state index contributed by atoms with van der Waals surface area (Å²) in [5.41, 5.74) is 1.10. The van der Waals surface area contributed by atoms with Crippen molar-refractivity contribution in [2.45, 2.75) is 38.6 Å². The van der Waals surface area contributed by atoms with Gasteiger partial charge in [-0.2, -0.15) is 0 Å².